The average molecular weight is 487 g/mol. The standard InChI is InChI=1S/C22H22ClF3N2O3S/c1-2-32(30,31)27-11-20-19(25)12-28(20)21(29)17-10-22(17,26)16-8-7-13(24)9-15(16)14-5-3-4-6-18(14)23/h3-9,17,19-20,27H,2,10-12H2,1H3/t17?,19-,20-,22?/m1/s1. The lowest BCUT2D eigenvalue weighted by molar-refractivity contribution is -0.147. The number of sulfonamides is 1. The van der Waals surface area contributed by atoms with E-state index in [4.69, 9.17) is 11.6 Å². The van der Waals surface area contributed by atoms with Crippen molar-refractivity contribution in [3.8, 4) is 11.1 Å². The summed E-state index contributed by atoms with van der Waals surface area (Å²) in [4.78, 5) is 14.1. The van der Waals surface area contributed by atoms with Crippen LogP contribution in [-0.2, 0) is 20.5 Å². The Bertz CT molecular complexity index is 1160. The predicted molar refractivity (Wildman–Crippen MR) is 116 cm³/mol. The highest BCUT2D eigenvalue weighted by molar-refractivity contribution is 7.89. The topological polar surface area (TPSA) is 66.5 Å². The molecule has 2 aliphatic rings. The van der Waals surface area contributed by atoms with Gasteiger partial charge in [0.05, 0.1) is 24.3 Å². The summed E-state index contributed by atoms with van der Waals surface area (Å²) in [5.74, 6) is -2.39. The molecule has 1 aliphatic carbocycles. The second-order valence-electron chi connectivity index (χ2n) is 8.11. The van der Waals surface area contributed by atoms with Crippen molar-refractivity contribution in [3.63, 3.8) is 0 Å². The fourth-order valence-electron chi connectivity index (χ4n) is 4.11. The molecule has 1 saturated heterocycles. The van der Waals surface area contributed by atoms with Crippen LogP contribution in [0, 0.1) is 11.7 Å². The molecule has 1 heterocycles. The van der Waals surface area contributed by atoms with Crippen molar-refractivity contribution in [1.82, 2.24) is 9.62 Å². The van der Waals surface area contributed by atoms with Crippen LogP contribution in [0.15, 0.2) is 42.5 Å². The highest BCUT2D eigenvalue weighted by atomic mass is 35.5. The van der Waals surface area contributed by atoms with Crippen molar-refractivity contribution in [2.24, 2.45) is 5.92 Å². The van der Waals surface area contributed by atoms with E-state index in [1.54, 1.807) is 24.3 Å². The van der Waals surface area contributed by atoms with Crippen molar-refractivity contribution in [1.29, 1.82) is 0 Å². The minimum atomic E-state index is -3.55. The smallest absolute Gasteiger partial charge is 0.229 e. The molecule has 4 atom stereocenters. The Balaban J connectivity index is 1.56. The van der Waals surface area contributed by atoms with E-state index in [1.807, 2.05) is 0 Å². The Morgan fingerprint density at radius 2 is 1.97 bits per heavy atom. The van der Waals surface area contributed by atoms with Crippen molar-refractivity contribution in [2.45, 2.75) is 31.2 Å². The van der Waals surface area contributed by atoms with Gasteiger partial charge in [-0.15, -0.1) is 0 Å². The molecule has 172 valence electrons. The first-order chi connectivity index (χ1) is 15.1. The van der Waals surface area contributed by atoms with Gasteiger partial charge in [-0.05, 0) is 36.2 Å². The Morgan fingerprint density at radius 1 is 1.25 bits per heavy atom. The number of hydrogen-bond donors (Lipinski definition) is 1. The highest BCUT2D eigenvalue weighted by Gasteiger charge is 2.64. The van der Waals surface area contributed by atoms with E-state index < -0.39 is 45.5 Å². The number of halogens is 4. The molecule has 1 aliphatic heterocycles. The Kier molecular flexibility index (Phi) is 6.02. The van der Waals surface area contributed by atoms with Gasteiger partial charge in [0, 0.05) is 23.6 Å². The molecule has 1 N–H and O–H groups in total. The molecular weight excluding hydrogens is 465 g/mol. The zero-order chi connectivity index (χ0) is 23.3. The van der Waals surface area contributed by atoms with Gasteiger partial charge in [-0.1, -0.05) is 35.9 Å². The first-order valence-electron chi connectivity index (χ1n) is 10.2. The van der Waals surface area contributed by atoms with Crippen LogP contribution in [-0.4, -0.2) is 50.3 Å². The van der Waals surface area contributed by atoms with Gasteiger partial charge in [-0.2, -0.15) is 0 Å². The third-order valence-corrected chi connectivity index (χ3v) is 7.85. The van der Waals surface area contributed by atoms with E-state index in [0.717, 1.165) is 6.07 Å². The lowest BCUT2D eigenvalue weighted by Gasteiger charge is -2.44. The van der Waals surface area contributed by atoms with Crippen LogP contribution >= 0.6 is 11.6 Å². The first-order valence-corrected chi connectivity index (χ1v) is 12.3. The predicted octanol–water partition coefficient (Wildman–Crippen LogP) is 3.82. The molecular formula is C22H22ClF3N2O3S. The van der Waals surface area contributed by atoms with Crippen molar-refractivity contribution < 1.29 is 26.4 Å². The van der Waals surface area contributed by atoms with Gasteiger partial charge in [0.1, 0.15) is 17.7 Å². The van der Waals surface area contributed by atoms with Gasteiger partial charge in [0.2, 0.25) is 15.9 Å². The summed E-state index contributed by atoms with van der Waals surface area (Å²) < 4.78 is 69.5. The van der Waals surface area contributed by atoms with E-state index in [0.29, 0.717) is 10.6 Å². The second kappa shape index (κ2) is 8.35. The lowest BCUT2D eigenvalue weighted by Crippen LogP contribution is -2.64. The van der Waals surface area contributed by atoms with E-state index in [-0.39, 0.29) is 36.4 Å². The van der Waals surface area contributed by atoms with Gasteiger partial charge in [0.15, 0.2) is 0 Å². The molecule has 0 aromatic heterocycles. The van der Waals surface area contributed by atoms with E-state index >= 15 is 4.39 Å². The van der Waals surface area contributed by atoms with Gasteiger partial charge < -0.3 is 4.90 Å². The summed E-state index contributed by atoms with van der Waals surface area (Å²) in [6, 6.07) is 9.27. The van der Waals surface area contributed by atoms with Gasteiger partial charge in [-0.3, -0.25) is 4.79 Å². The second-order valence-corrected chi connectivity index (χ2v) is 10.6. The number of carbonyl (C=O) groups excluding carboxylic acids is 1. The largest absolute Gasteiger partial charge is 0.332 e. The molecule has 0 spiro atoms. The zero-order valence-electron chi connectivity index (χ0n) is 17.2. The van der Waals surface area contributed by atoms with Gasteiger partial charge in [0.25, 0.3) is 0 Å². The van der Waals surface area contributed by atoms with Crippen molar-refractivity contribution >= 4 is 27.5 Å². The number of alkyl halides is 2. The number of rotatable bonds is 7. The third-order valence-electron chi connectivity index (χ3n) is 6.15. The summed E-state index contributed by atoms with van der Waals surface area (Å²) in [6.45, 7) is 0.959. The highest BCUT2D eigenvalue weighted by Crippen LogP contribution is 2.59. The number of amides is 1. The molecule has 1 amide bonds. The van der Waals surface area contributed by atoms with Gasteiger partial charge in [-0.25, -0.2) is 26.3 Å². The maximum Gasteiger partial charge on any atom is 0.229 e. The molecule has 4 rings (SSSR count). The summed E-state index contributed by atoms with van der Waals surface area (Å²) in [5, 5.41) is 0.317. The summed E-state index contributed by atoms with van der Waals surface area (Å²) in [5.41, 5.74) is -1.20. The Labute approximate surface area is 189 Å². The number of likely N-dealkylation sites (tertiary alicyclic amines) is 1. The number of carbonyl (C=O) groups is 1. The maximum atomic E-state index is 15.9. The number of nitrogens with zero attached hydrogens (tertiary/aromatic N) is 1. The molecule has 1 saturated carbocycles. The first kappa shape index (κ1) is 23.1. The number of benzene rings is 2. The van der Waals surface area contributed by atoms with Crippen LogP contribution in [0.4, 0.5) is 13.2 Å². The summed E-state index contributed by atoms with van der Waals surface area (Å²) >= 11 is 6.24. The molecule has 2 fully saturated rings. The lowest BCUT2D eigenvalue weighted by atomic mass is 9.93. The molecule has 2 aromatic carbocycles. The van der Waals surface area contributed by atoms with Crippen LogP contribution in [0.2, 0.25) is 5.02 Å². The maximum absolute atomic E-state index is 15.9. The molecule has 2 unspecified atom stereocenters. The normalized spacial score (nSPS) is 27.2. The minimum Gasteiger partial charge on any atom is -0.332 e. The third kappa shape index (κ3) is 4.13. The van der Waals surface area contributed by atoms with Crippen LogP contribution in [0.5, 0.6) is 0 Å². The van der Waals surface area contributed by atoms with E-state index in [2.05, 4.69) is 4.72 Å². The number of hydrogen-bond acceptors (Lipinski definition) is 3. The van der Waals surface area contributed by atoms with Crippen molar-refractivity contribution in [2.75, 3.05) is 18.8 Å². The Hall–Kier alpha value is -2.10. The average Bonchev–Trinajstić information content (AvgIpc) is 3.44. The summed E-state index contributed by atoms with van der Waals surface area (Å²) in [7, 11) is -3.55. The SMILES string of the molecule is CCS(=O)(=O)NC[C@@H]1[C@H](F)CN1C(=O)C1CC1(F)c1ccc(F)cc1-c1ccccc1Cl. The quantitative estimate of drug-likeness (QED) is 0.647. The Morgan fingerprint density at radius 3 is 2.62 bits per heavy atom. The van der Waals surface area contributed by atoms with E-state index in [1.165, 1.54) is 24.0 Å². The van der Waals surface area contributed by atoms with Crippen LogP contribution in [0.3, 0.4) is 0 Å². The molecule has 10 heteroatoms. The molecule has 0 radical (unpaired) electrons. The fraction of sp³-hybridized carbons (Fsp3) is 0.409. The molecule has 2 aromatic rings. The summed E-state index contributed by atoms with van der Waals surface area (Å²) in [6.07, 6.45) is -1.52. The molecule has 5 nitrogen and oxygen atoms in total. The fourth-order valence-corrected chi connectivity index (χ4v) is 4.97. The van der Waals surface area contributed by atoms with Crippen molar-refractivity contribution in [3.05, 3.63) is 58.9 Å². The molecule has 0 bridgehead atoms. The zero-order valence-corrected chi connectivity index (χ0v) is 18.8. The van der Waals surface area contributed by atoms with Crippen LogP contribution in [0.1, 0.15) is 18.9 Å². The van der Waals surface area contributed by atoms with E-state index in [9.17, 15) is 22.0 Å². The molecule has 32 heavy (non-hydrogen) atoms. The van der Waals surface area contributed by atoms with Crippen LogP contribution in [0.25, 0.3) is 11.1 Å². The van der Waals surface area contributed by atoms with Crippen LogP contribution < -0.4 is 4.72 Å². The monoisotopic (exact) mass is 486 g/mol. The minimum absolute atomic E-state index is 0.129. The number of nitrogens with one attached hydrogen (secondary N) is 1. The van der Waals surface area contributed by atoms with Gasteiger partial charge >= 0.3 is 0 Å².